The van der Waals surface area contributed by atoms with E-state index in [0.29, 0.717) is 17.8 Å². The van der Waals surface area contributed by atoms with E-state index in [4.69, 9.17) is 9.72 Å². The molecule has 4 aromatic rings. The van der Waals surface area contributed by atoms with E-state index in [0.717, 1.165) is 28.8 Å². The zero-order valence-electron chi connectivity index (χ0n) is 16.1. The lowest BCUT2D eigenvalue weighted by Gasteiger charge is -2.14. The summed E-state index contributed by atoms with van der Waals surface area (Å²) in [5.74, 6) is 1.53. The number of aromatic nitrogens is 2. The van der Waals surface area contributed by atoms with Gasteiger partial charge in [-0.3, -0.25) is 9.36 Å². The fourth-order valence-electron chi connectivity index (χ4n) is 3.33. The minimum Gasteiger partial charge on any atom is -0.497 e. The van der Waals surface area contributed by atoms with Gasteiger partial charge >= 0.3 is 0 Å². The van der Waals surface area contributed by atoms with Gasteiger partial charge in [-0.2, -0.15) is 0 Å². The van der Waals surface area contributed by atoms with Crippen molar-refractivity contribution in [3.05, 3.63) is 94.3 Å². The molecule has 0 N–H and O–H groups in total. The molecule has 0 bridgehead atoms. The number of fused-ring (bicyclic) bond motifs is 1. The molecule has 28 heavy (non-hydrogen) atoms. The second kappa shape index (κ2) is 7.69. The third-order valence-corrected chi connectivity index (χ3v) is 4.95. The van der Waals surface area contributed by atoms with Crippen molar-refractivity contribution in [1.82, 2.24) is 9.55 Å². The van der Waals surface area contributed by atoms with Crippen molar-refractivity contribution in [2.45, 2.75) is 19.9 Å². The Morgan fingerprint density at radius 1 is 0.929 bits per heavy atom. The van der Waals surface area contributed by atoms with E-state index in [1.165, 1.54) is 5.56 Å². The number of aryl methyl sites for hydroxylation is 2. The van der Waals surface area contributed by atoms with Gasteiger partial charge in [0.25, 0.3) is 5.56 Å². The van der Waals surface area contributed by atoms with Crippen LogP contribution in [0.4, 0.5) is 0 Å². The van der Waals surface area contributed by atoms with Gasteiger partial charge in [0.05, 0.1) is 18.0 Å². The summed E-state index contributed by atoms with van der Waals surface area (Å²) in [4.78, 5) is 18.0. The highest BCUT2D eigenvalue weighted by Gasteiger charge is 2.12. The number of hydrogen-bond donors (Lipinski definition) is 0. The second-order valence-corrected chi connectivity index (χ2v) is 6.87. The van der Waals surface area contributed by atoms with Crippen LogP contribution in [0.5, 0.6) is 5.75 Å². The largest absolute Gasteiger partial charge is 0.497 e. The molecule has 0 aliphatic rings. The van der Waals surface area contributed by atoms with E-state index in [-0.39, 0.29) is 5.56 Å². The van der Waals surface area contributed by atoms with Crippen LogP contribution in [0.25, 0.3) is 22.3 Å². The summed E-state index contributed by atoms with van der Waals surface area (Å²) in [6.45, 7) is 2.61. The van der Waals surface area contributed by atoms with Crippen LogP contribution < -0.4 is 10.3 Å². The van der Waals surface area contributed by atoms with E-state index in [2.05, 4.69) is 0 Å². The van der Waals surface area contributed by atoms with E-state index in [1.807, 2.05) is 79.7 Å². The molecule has 0 radical (unpaired) electrons. The lowest BCUT2D eigenvalue weighted by molar-refractivity contribution is 0.414. The van der Waals surface area contributed by atoms with Crippen LogP contribution in [0, 0.1) is 6.92 Å². The van der Waals surface area contributed by atoms with Crippen molar-refractivity contribution >= 4 is 10.9 Å². The van der Waals surface area contributed by atoms with Crippen molar-refractivity contribution in [3.8, 4) is 17.1 Å². The standard InChI is InChI=1S/C24H22N2O2/c1-17-7-11-19(12-8-17)23-25-22-6-4-3-5-21(22)24(27)26(23)16-15-18-9-13-20(28-2)14-10-18/h3-14H,15-16H2,1-2H3. The van der Waals surface area contributed by atoms with Crippen molar-refractivity contribution in [2.24, 2.45) is 0 Å². The SMILES string of the molecule is COc1ccc(CCn2c(-c3ccc(C)cc3)nc3ccccc3c2=O)cc1. The van der Waals surface area contributed by atoms with Gasteiger partial charge in [0.2, 0.25) is 0 Å². The highest BCUT2D eigenvalue weighted by Crippen LogP contribution is 2.20. The molecule has 0 amide bonds. The summed E-state index contributed by atoms with van der Waals surface area (Å²) in [5.41, 5.74) is 3.99. The molecule has 1 heterocycles. The normalized spacial score (nSPS) is 10.9. The predicted molar refractivity (Wildman–Crippen MR) is 113 cm³/mol. The van der Waals surface area contributed by atoms with Gasteiger partial charge in [-0.25, -0.2) is 4.98 Å². The summed E-state index contributed by atoms with van der Waals surface area (Å²) >= 11 is 0. The van der Waals surface area contributed by atoms with Crippen LogP contribution in [0.2, 0.25) is 0 Å². The first kappa shape index (κ1) is 18.0. The van der Waals surface area contributed by atoms with Gasteiger partial charge in [-0.15, -0.1) is 0 Å². The summed E-state index contributed by atoms with van der Waals surface area (Å²) in [6, 6.07) is 23.6. The topological polar surface area (TPSA) is 44.1 Å². The Morgan fingerprint density at radius 2 is 1.64 bits per heavy atom. The van der Waals surface area contributed by atoms with E-state index >= 15 is 0 Å². The van der Waals surface area contributed by atoms with E-state index in [9.17, 15) is 4.79 Å². The van der Waals surface area contributed by atoms with Crippen LogP contribution >= 0.6 is 0 Å². The molecule has 4 rings (SSSR count). The Balaban J connectivity index is 1.77. The molecule has 4 heteroatoms. The Labute approximate surface area is 164 Å². The monoisotopic (exact) mass is 370 g/mol. The minimum absolute atomic E-state index is 0.00492. The molecule has 0 atom stereocenters. The molecular formula is C24H22N2O2. The van der Waals surface area contributed by atoms with Crippen LogP contribution in [0.15, 0.2) is 77.6 Å². The number of para-hydroxylation sites is 1. The van der Waals surface area contributed by atoms with Crippen molar-refractivity contribution < 1.29 is 4.74 Å². The Morgan fingerprint density at radius 3 is 2.36 bits per heavy atom. The quantitative estimate of drug-likeness (QED) is 0.515. The highest BCUT2D eigenvalue weighted by molar-refractivity contribution is 5.79. The number of hydrogen-bond acceptors (Lipinski definition) is 3. The molecule has 0 spiro atoms. The average Bonchev–Trinajstić information content (AvgIpc) is 2.74. The average molecular weight is 370 g/mol. The third kappa shape index (κ3) is 3.54. The molecule has 0 aliphatic carbocycles. The zero-order valence-corrected chi connectivity index (χ0v) is 16.1. The van der Waals surface area contributed by atoms with Crippen LogP contribution in [0.3, 0.4) is 0 Å². The molecular weight excluding hydrogens is 348 g/mol. The van der Waals surface area contributed by atoms with Gasteiger partial charge < -0.3 is 4.74 Å². The first-order valence-electron chi connectivity index (χ1n) is 9.35. The zero-order chi connectivity index (χ0) is 19.5. The summed E-state index contributed by atoms with van der Waals surface area (Å²) in [6.07, 6.45) is 0.739. The molecule has 0 fully saturated rings. The molecule has 0 unspecified atom stereocenters. The smallest absolute Gasteiger partial charge is 0.261 e. The minimum atomic E-state index is -0.00492. The van der Waals surface area contributed by atoms with E-state index in [1.54, 1.807) is 11.7 Å². The van der Waals surface area contributed by atoms with Crippen LogP contribution in [0.1, 0.15) is 11.1 Å². The fraction of sp³-hybridized carbons (Fsp3) is 0.167. The van der Waals surface area contributed by atoms with Crippen molar-refractivity contribution in [3.63, 3.8) is 0 Å². The number of nitrogens with zero attached hydrogens (tertiary/aromatic N) is 2. The molecule has 140 valence electrons. The molecule has 0 aliphatic heterocycles. The maximum Gasteiger partial charge on any atom is 0.261 e. The molecule has 4 nitrogen and oxygen atoms in total. The Bertz CT molecular complexity index is 1160. The Hall–Kier alpha value is -3.40. The van der Waals surface area contributed by atoms with Gasteiger partial charge in [0.1, 0.15) is 11.6 Å². The lowest BCUT2D eigenvalue weighted by atomic mass is 10.1. The Kier molecular flexibility index (Phi) is 4.94. The number of ether oxygens (including phenoxy) is 1. The van der Waals surface area contributed by atoms with Gasteiger partial charge in [-0.1, -0.05) is 54.1 Å². The summed E-state index contributed by atoms with van der Waals surface area (Å²) in [5, 5.41) is 0.646. The summed E-state index contributed by atoms with van der Waals surface area (Å²) in [7, 11) is 1.66. The second-order valence-electron chi connectivity index (χ2n) is 6.87. The van der Waals surface area contributed by atoms with Crippen LogP contribution in [-0.2, 0) is 13.0 Å². The fourth-order valence-corrected chi connectivity index (χ4v) is 3.33. The number of benzene rings is 3. The molecule has 0 saturated heterocycles. The highest BCUT2D eigenvalue weighted by atomic mass is 16.5. The van der Waals surface area contributed by atoms with Gasteiger partial charge in [-0.05, 0) is 43.2 Å². The number of methoxy groups -OCH3 is 1. The third-order valence-electron chi connectivity index (χ3n) is 4.95. The number of rotatable bonds is 5. The van der Waals surface area contributed by atoms with Crippen molar-refractivity contribution in [2.75, 3.05) is 7.11 Å². The summed E-state index contributed by atoms with van der Waals surface area (Å²) < 4.78 is 7.01. The maximum atomic E-state index is 13.2. The lowest BCUT2D eigenvalue weighted by Crippen LogP contribution is -2.24. The maximum absolute atomic E-state index is 13.2. The van der Waals surface area contributed by atoms with Crippen LogP contribution in [-0.4, -0.2) is 16.7 Å². The molecule has 0 saturated carbocycles. The predicted octanol–water partition coefficient (Wildman–Crippen LogP) is 4.62. The first-order chi connectivity index (χ1) is 13.7. The van der Waals surface area contributed by atoms with Gasteiger partial charge in [0, 0.05) is 12.1 Å². The molecule has 3 aromatic carbocycles. The van der Waals surface area contributed by atoms with Gasteiger partial charge in [0.15, 0.2) is 0 Å². The first-order valence-corrected chi connectivity index (χ1v) is 9.35. The molecule has 1 aromatic heterocycles. The van der Waals surface area contributed by atoms with E-state index < -0.39 is 0 Å². The van der Waals surface area contributed by atoms with Crippen molar-refractivity contribution in [1.29, 1.82) is 0 Å².